The van der Waals surface area contributed by atoms with Gasteiger partial charge >= 0.3 is 6.36 Å². The molecular formula is C17H14F3N3O3S. The maximum Gasteiger partial charge on any atom is 0.573 e. The fourth-order valence-corrected chi connectivity index (χ4v) is 3.17. The van der Waals surface area contributed by atoms with E-state index < -0.39 is 18.0 Å². The number of thiophene rings is 1. The number of halogens is 3. The van der Waals surface area contributed by atoms with Gasteiger partial charge in [-0.2, -0.15) is 5.10 Å². The highest BCUT2D eigenvalue weighted by Gasteiger charge is 2.32. The van der Waals surface area contributed by atoms with Crippen LogP contribution in [0.4, 0.5) is 13.2 Å². The van der Waals surface area contributed by atoms with E-state index in [1.54, 1.807) is 13.2 Å². The molecule has 1 amide bonds. The molecule has 0 radical (unpaired) electrons. The Kier molecular flexibility index (Phi) is 5.36. The van der Waals surface area contributed by atoms with Crippen LogP contribution in [0.5, 0.6) is 11.5 Å². The zero-order valence-corrected chi connectivity index (χ0v) is 14.8. The molecule has 6 nitrogen and oxygen atoms in total. The normalized spacial score (nSPS) is 11.3. The zero-order chi connectivity index (χ0) is 19.4. The molecule has 0 aliphatic carbocycles. The largest absolute Gasteiger partial charge is 0.573 e. The maximum atomic E-state index is 12.5. The van der Waals surface area contributed by atoms with Crippen molar-refractivity contribution >= 4 is 17.2 Å². The molecule has 0 saturated carbocycles. The first-order chi connectivity index (χ1) is 12.9. The third-order valence-electron chi connectivity index (χ3n) is 3.51. The molecule has 10 heteroatoms. The SMILES string of the molecule is COc1ccsc1-c1cc(CNC(=O)c2ccccc2OC(F)(F)F)[nH]n1. The number of aromatic nitrogens is 2. The van der Waals surface area contributed by atoms with Crippen LogP contribution < -0.4 is 14.8 Å². The van der Waals surface area contributed by atoms with Crippen LogP contribution in [0.1, 0.15) is 16.1 Å². The molecule has 0 unspecified atom stereocenters. The van der Waals surface area contributed by atoms with Crippen LogP contribution in [-0.2, 0) is 6.54 Å². The average Bonchev–Trinajstić information content (AvgIpc) is 3.27. The lowest BCUT2D eigenvalue weighted by Crippen LogP contribution is -2.25. The number of H-pyrrole nitrogens is 1. The fourth-order valence-electron chi connectivity index (χ4n) is 2.35. The number of methoxy groups -OCH3 is 1. The van der Waals surface area contributed by atoms with Crippen LogP contribution in [0.3, 0.4) is 0 Å². The summed E-state index contributed by atoms with van der Waals surface area (Å²) in [4.78, 5) is 13.1. The predicted molar refractivity (Wildman–Crippen MR) is 92.7 cm³/mol. The van der Waals surface area contributed by atoms with Gasteiger partial charge < -0.3 is 14.8 Å². The van der Waals surface area contributed by atoms with Crippen molar-refractivity contribution in [2.45, 2.75) is 12.9 Å². The Morgan fingerprint density at radius 2 is 2.04 bits per heavy atom. The van der Waals surface area contributed by atoms with Gasteiger partial charge in [-0.15, -0.1) is 24.5 Å². The fraction of sp³-hybridized carbons (Fsp3) is 0.176. The van der Waals surface area contributed by atoms with E-state index in [0.29, 0.717) is 17.1 Å². The molecule has 2 N–H and O–H groups in total. The van der Waals surface area contributed by atoms with Crippen molar-refractivity contribution in [1.29, 1.82) is 0 Å². The molecule has 0 aliphatic rings. The molecule has 0 aliphatic heterocycles. The highest BCUT2D eigenvalue weighted by atomic mass is 32.1. The molecule has 0 spiro atoms. The van der Waals surface area contributed by atoms with E-state index in [1.165, 1.54) is 29.5 Å². The standard InChI is InChI=1S/C17H14F3N3O3S/c1-25-14-6-7-27-15(14)12-8-10(22-23-12)9-21-16(24)11-4-2-3-5-13(11)26-17(18,19)20/h2-8H,9H2,1H3,(H,21,24)(H,22,23). The molecule has 2 heterocycles. The van der Waals surface area contributed by atoms with Crippen molar-refractivity contribution < 1.29 is 27.4 Å². The molecular weight excluding hydrogens is 383 g/mol. The van der Waals surface area contributed by atoms with Crippen LogP contribution in [0, 0.1) is 0 Å². The van der Waals surface area contributed by atoms with Gasteiger partial charge in [0.15, 0.2) is 0 Å². The number of rotatable bonds is 6. The maximum absolute atomic E-state index is 12.5. The Labute approximate surface area is 155 Å². The van der Waals surface area contributed by atoms with Crippen LogP contribution in [0.25, 0.3) is 10.6 Å². The van der Waals surface area contributed by atoms with E-state index in [9.17, 15) is 18.0 Å². The first-order valence-electron chi connectivity index (χ1n) is 7.66. The van der Waals surface area contributed by atoms with Crippen molar-refractivity contribution in [3.05, 3.63) is 53.0 Å². The second kappa shape index (κ2) is 7.70. The van der Waals surface area contributed by atoms with Crippen molar-refractivity contribution in [2.24, 2.45) is 0 Å². The number of nitrogens with zero attached hydrogens (tertiary/aromatic N) is 1. The van der Waals surface area contributed by atoms with Crippen LogP contribution >= 0.6 is 11.3 Å². The highest BCUT2D eigenvalue weighted by Crippen LogP contribution is 2.34. The Bertz CT molecular complexity index is 937. The molecule has 3 rings (SSSR count). The van der Waals surface area contributed by atoms with Crippen molar-refractivity contribution in [3.63, 3.8) is 0 Å². The number of benzene rings is 1. The Balaban J connectivity index is 1.69. The second-order valence-corrected chi connectivity index (χ2v) is 6.24. The van der Waals surface area contributed by atoms with Crippen LogP contribution in [0.15, 0.2) is 41.8 Å². The van der Waals surface area contributed by atoms with E-state index in [1.807, 2.05) is 11.4 Å². The molecule has 1 aromatic carbocycles. The van der Waals surface area contributed by atoms with Gasteiger partial charge in [0.05, 0.1) is 29.8 Å². The van der Waals surface area contributed by atoms with Gasteiger partial charge in [0.1, 0.15) is 17.2 Å². The minimum atomic E-state index is -4.88. The number of para-hydroxylation sites is 1. The van der Waals surface area contributed by atoms with E-state index in [4.69, 9.17) is 4.74 Å². The van der Waals surface area contributed by atoms with E-state index in [-0.39, 0.29) is 12.1 Å². The van der Waals surface area contributed by atoms with Crippen molar-refractivity contribution in [1.82, 2.24) is 15.5 Å². The number of nitrogens with one attached hydrogen (secondary N) is 2. The van der Waals surface area contributed by atoms with Gasteiger partial charge in [0, 0.05) is 0 Å². The van der Waals surface area contributed by atoms with E-state index in [0.717, 1.165) is 10.9 Å². The average molecular weight is 397 g/mol. The number of hydrogen-bond acceptors (Lipinski definition) is 5. The Morgan fingerprint density at radius 3 is 2.78 bits per heavy atom. The number of amides is 1. The summed E-state index contributed by atoms with van der Waals surface area (Å²) in [6.45, 7) is 0.0554. The van der Waals surface area contributed by atoms with E-state index >= 15 is 0 Å². The summed E-state index contributed by atoms with van der Waals surface area (Å²) < 4.78 is 46.5. The van der Waals surface area contributed by atoms with E-state index in [2.05, 4.69) is 20.3 Å². The first kappa shape index (κ1) is 18.8. The lowest BCUT2D eigenvalue weighted by atomic mass is 10.2. The van der Waals surface area contributed by atoms with Gasteiger partial charge in [0.25, 0.3) is 5.91 Å². The molecule has 27 heavy (non-hydrogen) atoms. The molecule has 3 aromatic rings. The van der Waals surface area contributed by atoms with Crippen LogP contribution in [-0.4, -0.2) is 29.6 Å². The number of hydrogen-bond donors (Lipinski definition) is 2. The van der Waals surface area contributed by atoms with Gasteiger partial charge in [0.2, 0.25) is 0 Å². The molecule has 0 fully saturated rings. The number of carbonyl (C=O) groups is 1. The van der Waals surface area contributed by atoms with Gasteiger partial charge in [-0.05, 0) is 29.6 Å². The minimum Gasteiger partial charge on any atom is -0.495 e. The van der Waals surface area contributed by atoms with Gasteiger partial charge in [-0.3, -0.25) is 9.89 Å². The molecule has 0 saturated heterocycles. The van der Waals surface area contributed by atoms with Crippen molar-refractivity contribution in [3.8, 4) is 22.1 Å². The quantitative estimate of drug-likeness (QED) is 0.660. The lowest BCUT2D eigenvalue weighted by molar-refractivity contribution is -0.274. The summed E-state index contributed by atoms with van der Waals surface area (Å²) in [7, 11) is 1.56. The van der Waals surface area contributed by atoms with Crippen molar-refractivity contribution in [2.75, 3.05) is 7.11 Å². The third kappa shape index (κ3) is 4.59. The topological polar surface area (TPSA) is 76.2 Å². The smallest absolute Gasteiger partial charge is 0.495 e. The molecule has 0 bridgehead atoms. The number of carbonyl (C=O) groups excluding carboxylic acids is 1. The summed E-state index contributed by atoms with van der Waals surface area (Å²) in [5.74, 6) is -0.573. The summed E-state index contributed by atoms with van der Waals surface area (Å²) in [5, 5.41) is 11.4. The highest BCUT2D eigenvalue weighted by molar-refractivity contribution is 7.14. The second-order valence-electron chi connectivity index (χ2n) is 5.32. The Morgan fingerprint density at radius 1 is 1.26 bits per heavy atom. The summed E-state index contributed by atoms with van der Waals surface area (Å²) in [6, 6.07) is 8.69. The molecule has 0 atom stereocenters. The number of aromatic amines is 1. The summed E-state index contributed by atoms with van der Waals surface area (Å²) in [6.07, 6.45) is -4.88. The Hall–Kier alpha value is -3.01. The molecule has 142 valence electrons. The summed E-state index contributed by atoms with van der Waals surface area (Å²) in [5.41, 5.74) is 1.02. The minimum absolute atomic E-state index is 0.0554. The summed E-state index contributed by atoms with van der Waals surface area (Å²) >= 11 is 1.45. The van der Waals surface area contributed by atoms with Gasteiger partial charge in [-0.25, -0.2) is 0 Å². The van der Waals surface area contributed by atoms with Gasteiger partial charge in [-0.1, -0.05) is 12.1 Å². The third-order valence-corrected chi connectivity index (χ3v) is 4.43. The number of ether oxygens (including phenoxy) is 2. The predicted octanol–water partition coefficient (Wildman–Crippen LogP) is 3.98. The lowest BCUT2D eigenvalue weighted by Gasteiger charge is -2.12. The zero-order valence-electron chi connectivity index (χ0n) is 14.0. The molecule has 2 aromatic heterocycles. The first-order valence-corrected chi connectivity index (χ1v) is 8.54. The van der Waals surface area contributed by atoms with Crippen LogP contribution in [0.2, 0.25) is 0 Å². The monoisotopic (exact) mass is 397 g/mol. The number of alkyl halides is 3.